The first-order chi connectivity index (χ1) is 7.16. The topological polar surface area (TPSA) is 61.7 Å². The van der Waals surface area contributed by atoms with Crippen LogP contribution >= 0.6 is 15.9 Å². The smallest absolute Gasteiger partial charge is 0.328 e. The third-order valence-corrected chi connectivity index (χ3v) is 2.76. The Morgan fingerprint density at radius 1 is 1.47 bits per heavy atom. The maximum atomic E-state index is 10.7. The van der Waals surface area contributed by atoms with E-state index in [9.17, 15) is 4.79 Å². The van der Waals surface area contributed by atoms with Gasteiger partial charge in [0.2, 0.25) is 0 Å². The minimum atomic E-state index is -0.870. The van der Waals surface area contributed by atoms with Gasteiger partial charge in [-0.2, -0.15) is 5.10 Å². The lowest BCUT2D eigenvalue weighted by Crippen LogP contribution is -2.29. The maximum Gasteiger partial charge on any atom is 0.328 e. The zero-order valence-electron chi connectivity index (χ0n) is 7.77. The lowest BCUT2D eigenvalue weighted by atomic mass is 10.0. The van der Waals surface area contributed by atoms with Crippen molar-refractivity contribution >= 4 is 27.6 Å². The zero-order chi connectivity index (χ0) is 10.8. The van der Waals surface area contributed by atoms with E-state index in [4.69, 9.17) is 5.11 Å². The predicted molar refractivity (Wildman–Crippen MR) is 59.9 cm³/mol. The van der Waals surface area contributed by atoms with Crippen LogP contribution in [0.15, 0.2) is 33.8 Å². The van der Waals surface area contributed by atoms with Crippen LogP contribution in [-0.2, 0) is 4.79 Å². The van der Waals surface area contributed by atoms with E-state index in [-0.39, 0.29) is 0 Å². The Hall–Kier alpha value is -1.36. The molecular formula is C10H9BrN2O2. The van der Waals surface area contributed by atoms with Gasteiger partial charge in [0, 0.05) is 10.9 Å². The Morgan fingerprint density at radius 2 is 2.13 bits per heavy atom. The summed E-state index contributed by atoms with van der Waals surface area (Å²) >= 11 is 3.34. The molecule has 1 aliphatic heterocycles. The van der Waals surface area contributed by atoms with E-state index >= 15 is 0 Å². The third-order valence-electron chi connectivity index (χ3n) is 2.23. The van der Waals surface area contributed by atoms with E-state index in [0.29, 0.717) is 6.42 Å². The molecule has 0 saturated heterocycles. The van der Waals surface area contributed by atoms with E-state index in [1.807, 2.05) is 24.3 Å². The Labute approximate surface area is 95.1 Å². The first kappa shape index (κ1) is 10.2. The predicted octanol–water partition coefficient (Wildman–Crippen LogP) is 1.60. The minimum Gasteiger partial charge on any atom is -0.480 e. The molecule has 2 rings (SSSR count). The quantitative estimate of drug-likeness (QED) is 0.857. The van der Waals surface area contributed by atoms with E-state index in [0.717, 1.165) is 15.7 Å². The van der Waals surface area contributed by atoms with Crippen molar-refractivity contribution in [2.24, 2.45) is 5.10 Å². The number of carboxylic acid groups (broad SMARTS) is 1. The third kappa shape index (κ3) is 2.18. The molecule has 1 aromatic carbocycles. The summed E-state index contributed by atoms with van der Waals surface area (Å²) in [6.45, 7) is 0. The van der Waals surface area contributed by atoms with Crippen molar-refractivity contribution in [2.45, 2.75) is 12.5 Å². The van der Waals surface area contributed by atoms with Crippen molar-refractivity contribution in [1.29, 1.82) is 0 Å². The van der Waals surface area contributed by atoms with Crippen LogP contribution in [0.4, 0.5) is 0 Å². The van der Waals surface area contributed by atoms with Crippen LogP contribution in [0.5, 0.6) is 0 Å². The van der Waals surface area contributed by atoms with Crippen molar-refractivity contribution in [3.63, 3.8) is 0 Å². The molecule has 1 aliphatic rings. The molecule has 2 N–H and O–H groups in total. The van der Waals surface area contributed by atoms with Gasteiger partial charge in [-0.25, -0.2) is 4.79 Å². The SMILES string of the molecule is O=C(O)C1CC(c2ccc(Br)cc2)=NN1. The summed E-state index contributed by atoms with van der Waals surface area (Å²) in [5.74, 6) is -0.870. The number of carboxylic acids is 1. The molecule has 1 atom stereocenters. The molecule has 0 spiro atoms. The second-order valence-corrected chi connectivity index (χ2v) is 4.21. The van der Waals surface area contributed by atoms with Crippen LogP contribution < -0.4 is 5.43 Å². The molecule has 0 fully saturated rings. The highest BCUT2D eigenvalue weighted by Crippen LogP contribution is 2.15. The van der Waals surface area contributed by atoms with Crippen molar-refractivity contribution in [3.05, 3.63) is 34.3 Å². The van der Waals surface area contributed by atoms with Gasteiger partial charge in [-0.05, 0) is 17.7 Å². The molecule has 0 aliphatic carbocycles. The molecule has 15 heavy (non-hydrogen) atoms. The summed E-state index contributed by atoms with van der Waals surface area (Å²) in [7, 11) is 0. The molecule has 0 radical (unpaired) electrons. The average Bonchev–Trinajstić information content (AvgIpc) is 2.68. The Morgan fingerprint density at radius 3 is 2.67 bits per heavy atom. The molecule has 4 nitrogen and oxygen atoms in total. The number of hydrazone groups is 1. The normalized spacial score (nSPS) is 19.5. The average molecular weight is 269 g/mol. The van der Waals surface area contributed by atoms with Gasteiger partial charge < -0.3 is 5.11 Å². The Balaban J connectivity index is 2.14. The van der Waals surface area contributed by atoms with E-state index in [1.165, 1.54) is 0 Å². The van der Waals surface area contributed by atoms with E-state index in [2.05, 4.69) is 26.5 Å². The fourth-order valence-electron chi connectivity index (χ4n) is 1.41. The Kier molecular flexibility index (Phi) is 2.73. The second kappa shape index (κ2) is 4.02. The van der Waals surface area contributed by atoms with Gasteiger partial charge in [0.1, 0.15) is 6.04 Å². The van der Waals surface area contributed by atoms with Crippen molar-refractivity contribution in [1.82, 2.24) is 5.43 Å². The van der Waals surface area contributed by atoms with E-state index < -0.39 is 12.0 Å². The fraction of sp³-hybridized carbons (Fsp3) is 0.200. The highest BCUT2D eigenvalue weighted by atomic mass is 79.9. The number of halogens is 1. The molecule has 0 amide bonds. The fourth-order valence-corrected chi connectivity index (χ4v) is 1.67. The minimum absolute atomic E-state index is 0.428. The van der Waals surface area contributed by atoms with Crippen LogP contribution in [0.25, 0.3) is 0 Å². The number of benzene rings is 1. The number of nitrogens with one attached hydrogen (secondary N) is 1. The highest BCUT2D eigenvalue weighted by molar-refractivity contribution is 9.10. The standard InChI is InChI=1S/C10H9BrN2O2/c11-7-3-1-6(2-4-7)8-5-9(10(14)15)13-12-8/h1-4,9,13H,5H2,(H,14,15). The summed E-state index contributed by atoms with van der Waals surface area (Å²) < 4.78 is 0.993. The first-order valence-corrected chi connectivity index (χ1v) is 5.27. The maximum absolute atomic E-state index is 10.7. The van der Waals surface area contributed by atoms with Gasteiger partial charge in [-0.3, -0.25) is 5.43 Å². The van der Waals surface area contributed by atoms with Crippen molar-refractivity contribution in [2.75, 3.05) is 0 Å². The van der Waals surface area contributed by atoms with Crippen LogP contribution in [0.2, 0.25) is 0 Å². The number of hydrogen-bond acceptors (Lipinski definition) is 3. The summed E-state index contributed by atoms with van der Waals surface area (Å²) in [5.41, 5.74) is 4.34. The Bertz CT molecular complexity index is 414. The van der Waals surface area contributed by atoms with Crippen molar-refractivity contribution < 1.29 is 9.90 Å². The lowest BCUT2D eigenvalue weighted by molar-refractivity contribution is -0.139. The molecule has 78 valence electrons. The van der Waals surface area contributed by atoms with Gasteiger partial charge in [-0.1, -0.05) is 28.1 Å². The van der Waals surface area contributed by atoms with E-state index in [1.54, 1.807) is 0 Å². The number of aliphatic carboxylic acids is 1. The van der Waals surface area contributed by atoms with Crippen LogP contribution in [0.1, 0.15) is 12.0 Å². The molecular weight excluding hydrogens is 260 g/mol. The lowest BCUT2D eigenvalue weighted by Gasteiger charge is -2.02. The number of carbonyl (C=O) groups is 1. The van der Waals surface area contributed by atoms with Gasteiger partial charge in [0.15, 0.2) is 0 Å². The first-order valence-electron chi connectivity index (χ1n) is 4.47. The largest absolute Gasteiger partial charge is 0.480 e. The summed E-state index contributed by atoms with van der Waals surface area (Å²) in [4.78, 5) is 10.7. The molecule has 0 aromatic heterocycles. The molecule has 0 bridgehead atoms. The monoisotopic (exact) mass is 268 g/mol. The van der Waals surface area contributed by atoms with Gasteiger partial charge in [-0.15, -0.1) is 0 Å². The number of rotatable bonds is 2. The molecule has 1 aromatic rings. The molecule has 5 heteroatoms. The number of nitrogens with zero attached hydrogens (tertiary/aromatic N) is 1. The zero-order valence-corrected chi connectivity index (χ0v) is 9.36. The summed E-state index contributed by atoms with van der Waals surface area (Å²) in [5, 5.41) is 12.8. The van der Waals surface area contributed by atoms with Crippen LogP contribution in [-0.4, -0.2) is 22.8 Å². The van der Waals surface area contributed by atoms with Crippen LogP contribution in [0.3, 0.4) is 0 Å². The summed E-state index contributed by atoms with van der Waals surface area (Å²) in [6.07, 6.45) is 0.428. The highest BCUT2D eigenvalue weighted by Gasteiger charge is 2.25. The van der Waals surface area contributed by atoms with Gasteiger partial charge >= 0.3 is 5.97 Å². The molecule has 1 unspecified atom stereocenters. The summed E-state index contributed by atoms with van der Waals surface area (Å²) in [6, 6.07) is 7.05. The second-order valence-electron chi connectivity index (χ2n) is 3.29. The van der Waals surface area contributed by atoms with Gasteiger partial charge in [0.25, 0.3) is 0 Å². The van der Waals surface area contributed by atoms with Crippen LogP contribution in [0, 0.1) is 0 Å². The molecule has 1 heterocycles. The van der Waals surface area contributed by atoms with Gasteiger partial charge in [0.05, 0.1) is 5.71 Å². The number of hydrogen-bond donors (Lipinski definition) is 2. The van der Waals surface area contributed by atoms with Crippen molar-refractivity contribution in [3.8, 4) is 0 Å². The molecule has 0 saturated carbocycles.